The van der Waals surface area contributed by atoms with Crippen LogP contribution in [0.2, 0.25) is 0 Å². The van der Waals surface area contributed by atoms with E-state index in [1.807, 2.05) is 30.3 Å². The van der Waals surface area contributed by atoms with Crippen LogP contribution in [-0.2, 0) is 13.6 Å². The molecule has 2 heterocycles. The number of halogens is 1. The van der Waals surface area contributed by atoms with Crippen molar-refractivity contribution in [2.75, 3.05) is 19.7 Å². The first-order valence-electron chi connectivity index (χ1n) is 9.20. The molecule has 1 saturated carbocycles. The molecule has 3 aromatic rings. The van der Waals surface area contributed by atoms with Crippen molar-refractivity contribution in [2.45, 2.75) is 6.54 Å². The van der Waals surface area contributed by atoms with Crippen LogP contribution in [0.1, 0.15) is 5.82 Å². The predicted molar refractivity (Wildman–Crippen MR) is 106 cm³/mol. The topological polar surface area (TPSA) is 30.3 Å². The van der Waals surface area contributed by atoms with E-state index in [1.165, 1.54) is 18.6 Å². The number of rotatable bonds is 5. The SMILES string of the molecule is Cn1c(CN2C[C@@H]3C(COc4ccccc4)[C@@H]3C2)nc2ccc(Br)cc21. The molecule has 1 unspecified atom stereocenters. The van der Waals surface area contributed by atoms with E-state index >= 15 is 0 Å². The van der Waals surface area contributed by atoms with Gasteiger partial charge in [0, 0.05) is 30.5 Å². The fraction of sp³-hybridized carbons (Fsp3) is 0.381. The molecule has 1 saturated heterocycles. The standard InChI is InChI=1S/C21H22BrN3O/c1-24-20-9-14(22)7-8-19(20)23-21(24)12-25-10-16-17(11-25)18(16)13-26-15-5-3-2-4-6-15/h2-9,16-18H,10-13H2,1H3/t16-,17+,18?. The lowest BCUT2D eigenvalue weighted by Crippen LogP contribution is -2.26. The van der Waals surface area contributed by atoms with Crippen molar-refractivity contribution >= 4 is 27.0 Å². The van der Waals surface area contributed by atoms with Gasteiger partial charge >= 0.3 is 0 Å². The van der Waals surface area contributed by atoms with E-state index in [0.717, 1.165) is 52.5 Å². The summed E-state index contributed by atoms with van der Waals surface area (Å²) >= 11 is 3.55. The lowest BCUT2D eigenvalue weighted by atomic mass is 10.2. The molecule has 3 atom stereocenters. The van der Waals surface area contributed by atoms with Gasteiger partial charge in [0.25, 0.3) is 0 Å². The Morgan fingerprint density at radius 3 is 2.65 bits per heavy atom. The molecule has 0 radical (unpaired) electrons. The molecule has 0 bridgehead atoms. The second-order valence-electron chi connectivity index (χ2n) is 7.53. The summed E-state index contributed by atoms with van der Waals surface area (Å²) in [6.07, 6.45) is 0. The highest BCUT2D eigenvalue weighted by Crippen LogP contribution is 2.52. The number of hydrogen-bond acceptors (Lipinski definition) is 3. The van der Waals surface area contributed by atoms with Crippen molar-refractivity contribution in [3.8, 4) is 5.75 Å². The number of ether oxygens (including phenoxy) is 1. The molecule has 0 amide bonds. The maximum atomic E-state index is 5.95. The maximum Gasteiger partial charge on any atom is 0.123 e. The molecule has 134 valence electrons. The second-order valence-corrected chi connectivity index (χ2v) is 8.45. The average Bonchev–Trinajstić information content (AvgIpc) is 2.97. The summed E-state index contributed by atoms with van der Waals surface area (Å²) in [6, 6.07) is 16.4. The van der Waals surface area contributed by atoms with Crippen LogP contribution in [0.15, 0.2) is 53.0 Å². The quantitative estimate of drug-likeness (QED) is 0.633. The molecule has 5 rings (SSSR count). The van der Waals surface area contributed by atoms with Crippen molar-refractivity contribution in [2.24, 2.45) is 24.8 Å². The summed E-state index contributed by atoms with van der Waals surface area (Å²) in [7, 11) is 2.12. The van der Waals surface area contributed by atoms with Gasteiger partial charge in [-0.15, -0.1) is 0 Å². The minimum absolute atomic E-state index is 0.725. The lowest BCUT2D eigenvalue weighted by molar-refractivity contribution is 0.226. The fourth-order valence-electron chi connectivity index (χ4n) is 4.38. The van der Waals surface area contributed by atoms with Crippen molar-refractivity contribution in [1.82, 2.24) is 14.5 Å². The summed E-state index contributed by atoms with van der Waals surface area (Å²) in [5.74, 6) is 4.45. The number of aromatic nitrogens is 2. The minimum Gasteiger partial charge on any atom is -0.493 e. The number of likely N-dealkylation sites (tertiary alicyclic amines) is 1. The first-order valence-corrected chi connectivity index (χ1v) is 9.99. The van der Waals surface area contributed by atoms with E-state index in [9.17, 15) is 0 Å². The molecule has 5 heteroatoms. The third kappa shape index (κ3) is 2.93. The highest BCUT2D eigenvalue weighted by atomic mass is 79.9. The maximum absolute atomic E-state index is 5.95. The Labute approximate surface area is 161 Å². The molecule has 4 nitrogen and oxygen atoms in total. The first kappa shape index (κ1) is 16.3. The highest BCUT2D eigenvalue weighted by Gasteiger charge is 2.55. The Morgan fingerprint density at radius 1 is 1.12 bits per heavy atom. The molecule has 1 aromatic heterocycles. The van der Waals surface area contributed by atoms with E-state index in [-0.39, 0.29) is 0 Å². The smallest absolute Gasteiger partial charge is 0.123 e. The largest absolute Gasteiger partial charge is 0.493 e. The minimum atomic E-state index is 0.725. The number of fused-ring (bicyclic) bond motifs is 2. The van der Waals surface area contributed by atoms with E-state index < -0.39 is 0 Å². The monoisotopic (exact) mass is 411 g/mol. The summed E-state index contributed by atoms with van der Waals surface area (Å²) < 4.78 is 9.27. The van der Waals surface area contributed by atoms with Crippen LogP contribution in [0.25, 0.3) is 11.0 Å². The Bertz CT molecular complexity index is 927. The number of hydrogen-bond donors (Lipinski definition) is 0. The van der Waals surface area contributed by atoms with Crippen LogP contribution in [-0.4, -0.2) is 34.1 Å². The second kappa shape index (κ2) is 6.39. The van der Waals surface area contributed by atoms with E-state index in [1.54, 1.807) is 0 Å². The average molecular weight is 412 g/mol. The number of aryl methyl sites for hydroxylation is 1. The number of imidazole rings is 1. The number of benzene rings is 2. The summed E-state index contributed by atoms with van der Waals surface area (Å²) in [6.45, 7) is 4.12. The summed E-state index contributed by atoms with van der Waals surface area (Å²) in [5, 5.41) is 0. The van der Waals surface area contributed by atoms with Crippen LogP contribution in [0, 0.1) is 17.8 Å². The molecule has 2 aliphatic rings. The summed E-state index contributed by atoms with van der Waals surface area (Å²) in [5.41, 5.74) is 2.26. The van der Waals surface area contributed by atoms with Crippen LogP contribution in [0.5, 0.6) is 5.75 Å². The van der Waals surface area contributed by atoms with Gasteiger partial charge in [-0.1, -0.05) is 34.1 Å². The number of nitrogens with zero attached hydrogens (tertiary/aromatic N) is 3. The van der Waals surface area contributed by atoms with E-state index in [2.05, 4.69) is 50.6 Å². The van der Waals surface area contributed by atoms with Gasteiger partial charge in [-0.05, 0) is 42.2 Å². The molecular formula is C21H22BrN3O. The number of piperidine rings is 1. The van der Waals surface area contributed by atoms with Crippen molar-refractivity contribution in [3.63, 3.8) is 0 Å². The third-order valence-electron chi connectivity index (χ3n) is 5.93. The van der Waals surface area contributed by atoms with Crippen molar-refractivity contribution in [1.29, 1.82) is 0 Å². The van der Waals surface area contributed by atoms with E-state index in [4.69, 9.17) is 9.72 Å². The van der Waals surface area contributed by atoms with Crippen LogP contribution < -0.4 is 4.74 Å². The molecule has 2 fully saturated rings. The molecular weight excluding hydrogens is 390 g/mol. The van der Waals surface area contributed by atoms with Gasteiger partial charge in [-0.3, -0.25) is 4.90 Å². The predicted octanol–water partition coefficient (Wildman–Crippen LogP) is 4.09. The normalized spacial score (nSPS) is 24.8. The van der Waals surface area contributed by atoms with Gasteiger partial charge in [0.1, 0.15) is 11.6 Å². The Hall–Kier alpha value is -1.85. The zero-order chi connectivity index (χ0) is 17.7. The van der Waals surface area contributed by atoms with E-state index in [0.29, 0.717) is 0 Å². The molecule has 0 N–H and O–H groups in total. The molecule has 26 heavy (non-hydrogen) atoms. The van der Waals surface area contributed by atoms with Gasteiger partial charge in [-0.2, -0.15) is 0 Å². The Morgan fingerprint density at radius 2 is 1.88 bits per heavy atom. The lowest BCUT2D eigenvalue weighted by Gasteiger charge is -2.19. The zero-order valence-corrected chi connectivity index (χ0v) is 16.4. The van der Waals surface area contributed by atoms with Gasteiger partial charge in [0.2, 0.25) is 0 Å². The third-order valence-corrected chi connectivity index (χ3v) is 6.43. The van der Waals surface area contributed by atoms with Crippen LogP contribution in [0.3, 0.4) is 0 Å². The molecule has 1 aliphatic carbocycles. The molecule has 0 spiro atoms. The van der Waals surface area contributed by atoms with Crippen LogP contribution in [0.4, 0.5) is 0 Å². The van der Waals surface area contributed by atoms with Gasteiger partial charge < -0.3 is 9.30 Å². The summed E-state index contributed by atoms with van der Waals surface area (Å²) in [4.78, 5) is 7.37. The van der Waals surface area contributed by atoms with Crippen molar-refractivity contribution < 1.29 is 4.74 Å². The fourth-order valence-corrected chi connectivity index (χ4v) is 4.73. The highest BCUT2D eigenvalue weighted by molar-refractivity contribution is 9.10. The van der Waals surface area contributed by atoms with Crippen LogP contribution >= 0.6 is 15.9 Å². The van der Waals surface area contributed by atoms with Gasteiger partial charge in [-0.25, -0.2) is 4.98 Å². The van der Waals surface area contributed by atoms with Gasteiger partial charge in [0.05, 0.1) is 24.2 Å². The number of para-hydroxylation sites is 1. The Kier molecular flexibility index (Phi) is 4.02. The first-order chi connectivity index (χ1) is 12.7. The van der Waals surface area contributed by atoms with Crippen molar-refractivity contribution in [3.05, 3.63) is 58.8 Å². The zero-order valence-electron chi connectivity index (χ0n) is 14.8. The Balaban J connectivity index is 1.19. The molecule has 1 aliphatic heterocycles. The van der Waals surface area contributed by atoms with Gasteiger partial charge in [0.15, 0.2) is 0 Å². The molecule has 2 aromatic carbocycles.